The first-order valence-electron chi connectivity index (χ1n) is 4.59. The van der Waals surface area contributed by atoms with Crippen LogP contribution >= 0.6 is 15.9 Å². The number of benzene rings is 1. The van der Waals surface area contributed by atoms with Crippen LogP contribution in [0, 0.1) is 5.82 Å². The summed E-state index contributed by atoms with van der Waals surface area (Å²) in [4.78, 5) is 0. The molecule has 14 heavy (non-hydrogen) atoms. The molecule has 0 aliphatic heterocycles. The Kier molecular flexibility index (Phi) is 4.08. The molecule has 0 aliphatic carbocycles. The van der Waals surface area contributed by atoms with E-state index >= 15 is 0 Å². The zero-order valence-electron chi connectivity index (χ0n) is 8.39. The minimum absolute atomic E-state index is 0.220. The third-order valence-electron chi connectivity index (χ3n) is 2.16. The SMILES string of the molecule is CCOC(C)(CBr)c1ccccc1F. The van der Waals surface area contributed by atoms with Crippen LogP contribution in [-0.2, 0) is 10.3 Å². The fourth-order valence-corrected chi connectivity index (χ4v) is 1.86. The fourth-order valence-electron chi connectivity index (χ4n) is 1.40. The van der Waals surface area contributed by atoms with Crippen molar-refractivity contribution in [2.75, 3.05) is 11.9 Å². The minimum atomic E-state index is -0.583. The summed E-state index contributed by atoms with van der Waals surface area (Å²) in [5.41, 5.74) is 0.0128. The van der Waals surface area contributed by atoms with E-state index in [-0.39, 0.29) is 5.82 Å². The quantitative estimate of drug-likeness (QED) is 0.754. The van der Waals surface area contributed by atoms with E-state index in [4.69, 9.17) is 4.74 Å². The average molecular weight is 261 g/mol. The molecule has 3 heteroatoms. The third kappa shape index (κ3) is 2.34. The van der Waals surface area contributed by atoms with E-state index in [0.29, 0.717) is 17.5 Å². The standard InChI is InChI=1S/C11H14BrFO/c1-3-14-11(2,8-12)9-6-4-5-7-10(9)13/h4-7H,3,8H2,1-2H3. The van der Waals surface area contributed by atoms with E-state index in [0.717, 1.165) is 0 Å². The molecule has 1 atom stereocenters. The number of rotatable bonds is 4. The van der Waals surface area contributed by atoms with Gasteiger partial charge < -0.3 is 4.74 Å². The highest BCUT2D eigenvalue weighted by atomic mass is 79.9. The molecule has 0 aromatic heterocycles. The van der Waals surface area contributed by atoms with Gasteiger partial charge in [0, 0.05) is 17.5 Å². The molecule has 1 aromatic rings. The van der Waals surface area contributed by atoms with E-state index in [1.54, 1.807) is 12.1 Å². The summed E-state index contributed by atoms with van der Waals surface area (Å²) < 4.78 is 19.1. The summed E-state index contributed by atoms with van der Waals surface area (Å²) in [5.74, 6) is -0.220. The molecule has 1 nitrogen and oxygen atoms in total. The van der Waals surface area contributed by atoms with E-state index in [9.17, 15) is 4.39 Å². The van der Waals surface area contributed by atoms with Crippen LogP contribution in [0.2, 0.25) is 0 Å². The van der Waals surface area contributed by atoms with Gasteiger partial charge in [0.2, 0.25) is 0 Å². The van der Waals surface area contributed by atoms with Gasteiger partial charge in [0.1, 0.15) is 11.4 Å². The lowest BCUT2D eigenvalue weighted by Gasteiger charge is -2.28. The van der Waals surface area contributed by atoms with Crippen molar-refractivity contribution in [3.8, 4) is 0 Å². The maximum absolute atomic E-state index is 13.5. The number of hydrogen-bond acceptors (Lipinski definition) is 1. The normalized spacial score (nSPS) is 15.1. The first-order chi connectivity index (χ1) is 6.64. The third-order valence-corrected chi connectivity index (χ3v) is 3.23. The molecular weight excluding hydrogens is 247 g/mol. The second-order valence-corrected chi connectivity index (χ2v) is 3.84. The van der Waals surface area contributed by atoms with Gasteiger partial charge in [-0.05, 0) is 19.9 Å². The summed E-state index contributed by atoms with van der Waals surface area (Å²) >= 11 is 3.35. The zero-order chi connectivity index (χ0) is 10.6. The highest BCUT2D eigenvalue weighted by Gasteiger charge is 2.28. The van der Waals surface area contributed by atoms with E-state index in [2.05, 4.69) is 15.9 Å². The molecule has 1 rings (SSSR count). The Bertz CT molecular complexity index is 303. The predicted octanol–water partition coefficient (Wildman–Crippen LogP) is 3.47. The van der Waals surface area contributed by atoms with Crippen LogP contribution < -0.4 is 0 Å². The van der Waals surface area contributed by atoms with Gasteiger partial charge in [-0.1, -0.05) is 34.1 Å². The van der Waals surface area contributed by atoms with Crippen LogP contribution in [0.4, 0.5) is 4.39 Å². The van der Waals surface area contributed by atoms with Crippen LogP contribution in [0.5, 0.6) is 0 Å². The Balaban J connectivity index is 3.05. The molecule has 0 fully saturated rings. The van der Waals surface area contributed by atoms with Crippen molar-refractivity contribution < 1.29 is 9.13 Å². The monoisotopic (exact) mass is 260 g/mol. The second-order valence-electron chi connectivity index (χ2n) is 3.28. The summed E-state index contributed by atoms with van der Waals surface area (Å²) in [6.45, 7) is 4.35. The highest BCUT2D eigenvalue weighted by molar-refractivity contribution is 9.09. The molecule has 78 valence electrons. The van der Waals surface area contributed by atoms with E-state index in [1.807, 2.05) is 19.9 Å². The molecule has 0 radical (unpaired) electrons. The summed E-state index contributed by atoms with van der Waals surface area (Å²) in [7, 11) is 0. The number of alkyl halides is 1. The molecule has 1 aromatic carbocycles. The summed E-state index contributed by atoms with van der Waals surface area (Å²) in [5, 5.41) is 0.578. The van der Waals surface area contributed by atoms with Crippen LogP contribution in [0.25, 0.3) is 0 Å². The van der Waals surface area contributed by atoms with Crippen molar-refractivity contribution in [3.05, 3.63) is 35.6 Å². The molecule has 0 aliphatic rings. The van der Waals surface area contributed by atoms with Gasteiger partial charge in [-0.15, -0.1) is 0 Å². The maximum atomic E-state index is 13.5. The van der Waals surface area contributed by atoms with E-state index < -0.39 is 5.60 Å². The van der Waals surface area contributed by atoms with Crippen LogP contribution in [-0.4, -0.2) is 11.9 Å². The first kappa shape index (κ1) is 11.7. The first-order valence-corrected chi connectivity index (χ1v) is 5.71. The molecule has 0 bridgehead atoms. The Morgan fingerprint density at radius 1 is 1.43 bits per heavy atom. The van der Waals surface area contributed by atoms with E-state index in [1.165, 1.54) is 6.07 Å². The lowest BCUT2D eigenvalue weighted by Crippen LogP contribution is -2.29. The zero-order valence-corrected chi connectivity index (χ0v) is 9.97. The topological polar surface area (TPSA) is 9.23 Å². The predicted molar refractivity (Wildman–Crippen MR) is 59.2 cm³/mol. The van der Waals surface area contributed by atoms with Gasteiger partial charge >= 0.3 is 0 Å². The maximum Gasteiger partial charge on any atom is 0.129 e. The molecule has 0 saturated heterocycles. The molecule has 0 heterocycles. The Morgan fingerprint density at radius 2 is 2.07 bits per heavy atom. The van der Waals surface area contributed by atoms with Crippen LogP contribution in [0.3, 0.4) is 0 Å². The number of hydrogen-bond donors (Lipinski definition) is 0. The smallest absolute Gasteiger partial charge is 0.129 e. The van der Waals surface area contributed by atoms with Gasteiger partial charge in [0.05, 0.1) is 0 Å². The molecular formula is C11H14BrFO. The molecule has 0 spiro atoms. The minimum Gasteiger partial charge on any atom is -0.370 e. The molecule has 0 saturated carbocycles. The van der Waals surface area contributed by atoms with Crippen molar-refractivity contribution in [2.45, 2.75) is 19.4 Å². The van der Waals surface area contributed by atoms with Crippen molar-refractivity contribution in [2.24, 2.45) is 0 Å². The molecule has 0 amide bonds. The second kappa shape index (κ2) is 4.89. The highest BCUT2D eigenvalue weighted by Crippen LogP contribution is 2.29. The number of ether oxygens (including phenoxy) is 1. The summed E-state index contributed by atoms with van der Waals surface area (Å²) in [6, 6.07) is 6.71. The average Bonchev–Trinajstić information content (AvgIpc) is 2.18. The van der Waals surface area contributed by atoms with Crippen molar-refractivity contribution in [1.29, 1.82) is 0 Å². The Hall–Kier alpha value is -0.410. The van der Waals surface area contributed by atoms with Gasteiger partial charge in [0.15, 0.2) is 0 Å². The lowest BCUT2D eigenvalue weighted by molar-refractivity contribution is -0.0114. The van der Waals surface area contributed by atoms with Crippen molar-refractivity contribution >= 4 is 15.9 Å². The van der Waals surface area contributed by atoms with Gasteiger partial charge in [-0.25, -0.2) is 4.39 Å². The molecule has 1 unspecified atom stereocenters. The lowest BCUT2D eigenvalue weighted by atomic mass is 9.97. The number of halogens is 2. The largest absolute Gasteiger partial charge is 0.370 e. The molecule has 0 N–H and O–H groups in total. The fraction of sp³-hybridized carbons (Fsp3) is 0.455. The van der Waals surface area contributed by atoms with Gasteiger partial charge in [-0.2, -0.15) is 0 Å². The van der Waals surface area contributed by atoms with Crippen LogP contribution in [0.1, 0.15) is 19.4 Å². The Labute approximate surface area is 92.4 Å². The van der Waals surface area contributed by atoms with Gasteiger partial charge in [0.25, 0.3) is 0 Å². The van der Waals surface area contributed by atoms with Crippen molar-refractivity contribution in [1.82, 2.24) is 0 Å². The van der Waals surface area contributed by atoms with Crippen LogP contribution in [0.15, 0.2) is 24.3 Å². The summed E-state index contributed by atoms with van der Waals surface area (Å²) in [6.07, 6.45) is 0. The Morgan fingerprint density at radius 3 is 2.57 bits per heavy atom. The van der Waals surface area contributed by atoms with Gasteiger partial charge in [-0.3, -0.25) is 0 Å². The van der Waals surface area contributed by atoms with Crippen molar-refractivity contribution in [3.63, 3.8) is 0 Å².